The van der Waals surface area contributed by atoms with Gasteiger partial charge < -0.3 is 9.47 Å². The summed E-state index contributed by atoms with van der Waals surface area (Å²) in [6.07, 6.45) is -0.110. The third-order valence-corrected chi connectivity index (χ3v) is 7.14. The molecule has 8 heteroatoms. The van der Waals surface area contributed by atoms with E-state index in [1.165, 1.54) is 4.90 Å². The Labute approximate surface area is 237 Å². The number of hydrogen-bond donors (Lipinski definition) is 0. The average molecular weight is 549 g/mol. The van der Waals surface area contributed by atoms with Gasteiger partial charge >= 0.3 is 5.97 Å². The van der Waals surface area contributed by atoms with E-state index < -0.39 is 29.9 Å². The zero-order valence-corrected chi connectivity index (χ0v) is 22.4. The van der Waals surface area contributed by atoms with Gasteiger partial charge in [-0.1, -0.05) is 55.5 Å². The second-order valence-corrected chi connectivity index (χ2v) is 9.84. The Kier molecular flexibility index (Phi) is 7.22. The third-order valence-electron chi connectivity index (χ3n) is 7.14. The highest BCUT2D eigenvalue weighted by molar-refractivity contribution is 6.24. The monoisotopic (exact) mass is 548 g/mol. The summed E-state index contributed by atoms with van der Waals surface area (Å²) in [4.78, 5) is 47.4. The summed E-state index contributed by atoms with van der Waals surface area (Å²) in [5.41, 5.74) is 2.37. The zero-order chi connectivity index (χ0) is 28.3. The fourth-order valence-electron chi connectivity index (χ4n) is 5.19. The van der Waals surface area contributed by atoms with Gasteiger partial charge in [0.25, 0.3) is 5.91 Å². The van der Waals surface area contributed by atoms with Gasteiger partial charge in [0.2, 0.25) is 5.91 Å². The number of esters is 1. The molecule has 2 saturated heterocycles. The van der Waals surface area contributed by atoms with Gasteiger partial charge in [-0.15, -0.1) is 0 Å². The Hall–Kier alpha value is -4.95. The second-order valence-electron chi connectivity index (χ2n) is 9.84. The number of carbonyl (C=O) groups is 3. The molecule has 0 saturated carbocycles. The fraction of sp³-hybridized carbons (Fsp3) is 0.182. The van der Waals surface area contributed by atoms with Crippen LogP contribution in [0.4, 0.5) is 11.4 Å². The van der Waals surface area contributed by atoms with Gasteiger partial charge in [0.15, 0.2) is 6.10 Å². The van der Waals surface area contributed by atoms with Crippen LogP contribution in [0, 0.1) is 5.92 Å². The van der Waals surface area contributed by atoms with E-state index in [0.717, 1.165) is 17.7 Å². The second kappa shape index (κ2) is 11.3. The van der Waals surface area contributed by atoms with E-state index in [1.54, 1.807) is 77.9 Å². The Balaban J connectivity index is 1.29. The number of carbonyl (C=O) groups excluding carboxylic acids is 3. The van der Waals surface area contributed by atoms with Gasteiger partial charge in [-0.25, -0.2) is 14.8 Å². The first-order chi connectivity index (χ1) is 20.0. The molecule has 0 radical (unpaired) electrons. The van der Waals surface area contributed by atoms with Crippen molar-refractivity contribution in [2.45, 2.75) is 25.5 Å². The summed E-state index contributed by atoms with van der Waals surface area (Å²) in [6.45, 7) is 2.61. The van der Waals surface area contributed by atoms with Crippen molar-refractivity contribution < 1.29 is 28.7 Å². The van der Waals surface area contributed by atoms with Crippen molar-refractivity contribution in [3.05, 3.63) is 120 Å². The number of hydroxylamine groups is 1. The van der Waals surface area contributed by atoms with Crippen molar-refractivity contribution in [2.24, 2.45) is 5.92 Å². The van der Waals surface area contributed by atoms with Crippen molar-refractivity contribution in [1.29, 1.82) is 0 Å². The largest absolute Gasteiger partial charge is 0.494 e. The maximum absolute atomic E-state index is 13.9. The van der Waals surface area contributed by atoms with Crippen LogP contribution in [0.1, 0.15) is 35.3 Å². The molecule has 206 valence electrons. The van der Waals surface area contributed by atoms with Crippen molar-refractivity contribution in [2.75, 3.05) is 16.6 Å². The summed E-state index contributed by atoms with van der Waals surface area (Å²) < 4.78 is 11.2. The van der Waals surface area contributed by atoms with E-state index in [-0.39, 0.29) is 5.91 Å². The molecule has 2 amide bonds. The number of ether oxygens (including phenoxy) is 2. The highest BCUT2D eigenvalue weighted by Crippen LogP contribution is 2.47. The predicted molar refractivity (Wildman–Crippen MR) is 153 cm³/mol. The molecule has 2 fully saturated rings. The normalized spacial score (nSPS) is 19.8. The van der Waals surface area contributed by atoms with E-state index in [1.807, 2.05) is 43.3 Å². The molecule has 0 unspecified atom stereocenters. The van der Waals surface area contributed by atoms with Crippen molar-refractivity contribution in [3.8, 4) is 11.5 Å². The van der Waals surface area contributed by atoms with Crippen LogP contribution in [0.15, 0.2) is 109 Å². The molecule has 0 N–H and O–H groups in total. The van der Waals surface area contributed by atoms with E-state index >= 15 is 0 Å². The van der Waals surface area contributed by atoms with Crippen molar-refractivity contribution >= 4 is 29.2 Å². The van der Waals surface area contributed by atoms with Crippen LogP contribution >= 0.6 is 0 Å². The van der Waals surface area contributed by atoms with Crippen molar-refractivity contribution in [1.82, 2.24) is 0 Å². The lowest BCUT2D eigenvalue weighted by Crippen LogP contribution is -2.37. The van der Waals surface area contributed by atoms with E-state index in [4.69, 9.17) is 14.3 Å². The smallest absolute Gasteiger partial charge is 0.343 e. The van der Waals surface area contributed by atoms with Crippen LogP contribution < -0.4 is 19.4 Å². The Morgan fingerprint density at radius 3 is 2.05 bits per heavy atom. The summed E-state index contributed by atoms with van der Waals surface area (Å²) in [7, 11) is 0. The van der Waals surface area contributed by atoms with Gasteiger partial charge in [0.05, 0.1) is 29.6 Å². The summed E-state index contributed by atoms with van der Waals surface area (Å²) >= 11 is 0. The van der Waals surface area contributed by atoms with Gasteiger partial charge in [-0.3, -0.25) is 14.4 Å². The number of fused-ring (bicyclic) bond motifs is 1. The molecule has 2 aliphatic rings. The molecule has 8 nitrogen and oxygen atoms in total. The molecule has 0 spiro atoms. The molecule has 2 heterocycles. The minimum atomic E-state index is -0.987. The standard InChI is InChI=1S/C33H28N2O6/c1-2-21-39-26-19-15-24(16-20-26)34-31(36)28-29(35(41-30(28)32(34)37)25-11-7-4-8-12-25)22-13-17-27(18-14-22)40-33(38)23-9-5-3-6-10-23/h3-20,28-30H,2,21H2,1H3/t28-,29+,30-/m0/s1. The minimum absolute atomic E-state index is 0.342. The Bertz CT molecular complexity index is 1540. The van der Waals surface area contributed by atoms with Crippen LogP contribution in [0.25, 0.3) is 0 Å². The molecule has 41 heavy (non-hydrogen) atoms. The number of amides is 2. The van der Waals surface area contributed by atoms with E-state index in [0.29, 0.717) is 29.4 Å². The molecule has 4 aromatic carbocycles. The predicted octanol–water partition coefficient (Wildman–Crippen LogP) is 5.75. The van der Waals surface area contributed by atoms with Crippen LogP contribution in [0.2, 0.25) is 0 Å². The number of nitrogens with zero attached hydrogens (tertiary/aromatic N) is 2. The number of imide groups is 1. The SMILES string of the molecule is CCCOc1ccc(N2C(=O)[C@@H]3[C@H](ON(c4ccccc4)[C@@H]3c3ccc(OC(=O)c4ccccc4)cc3)C2=O)cc1. The fourth-order valence-corrected chi connectivity index (χ4v) is 5.19. The van der Waals surface area contributed by atoms with Gasteiger partial charge in [-0.2, -0.15) is 0 Å². The topological polar surface area (TPSA) is 85.4 Å². The highest BCUT2D eigenvalue weighted by atomic mass is 16.7. The van der Waals surface area contributed by atoms with Crippen molar-refractivity contribution in [3.63, 3.8) is 0 Å². The number of benzene rings is 4. The molecule has 2 aliphatic heterocycles. The van der Waals surface area contributed by atoms with Crippen LogP contribution in [-0.4, -0.2) is 30.5 Å². The highest BCUT2D eigenvalue weighted by Gasteiger charge is 2.60. The lowest BCUT2D eigenvalue weighted by Gasteiger charge is -2.28. The maximum atomic E-state index is 13.9. The lowest BCUT2D eigenvalue weighted by atomic mass is 9.90. The summed E-state index contributed by atoms with van der Waals surface area (Å²) in [6, 6.07) is 31.4. The molecule has 4 aromatic rings. The molecule has 0 bridgehead atoms. The lowest BCUT2D eigenvalue weighted by molar-refractivity contribution is -0.126. The maximum Gasteiger partial charge on any atom is 0.343 e. The first-order valence-corrected chi connectivity index (χ1v) is 13.5. The number of hydrogen-bond acceptors (Lipinski definition) is 7. The minimum Gasteiger partial charge on any atom is -0.494 e. The zero-order valence-electron chi connectivity index (χ0n) is 22.4. The first kappa shape index (κ1) is 26.3. The van der Waals surface area contributed by atoms with Gasteiger partial charge in [-0.05, 0) is 72.6 Å². The Morgan fingerprint density at radius 2 is 1.39 bits per heavy atom. The van der Waals surface area contributed by atoms with Gasteiger partial charge in [0.1, 0.15) is 17.4 Å². The van der Waals surface area contributed by atoms with Crippen LogP contribution in [0.3, 0.4) is 0 Å². The molecule has 0 aromatic heterocycles. The molecule has 3 atom stereocenters. The molecular weight excluding hydrogens is 520 g/mol. The molecule has 0 aliphatic carbocycles. The van der Waals surface area contributed by atoms with Crippen LogP contribution in [0.5, 0.6) is 11.5 Å². The quantitative estimate of drug-likeness (QED) is 0.158. The Morgan fingerprint density at radius 1 is 0.756 bits per heavy atom. The first-order valence-electron chi connectivity index (χ1n) is 13.5. The number of para-hydroxylation sites is 1. The van der Waals surface area contributed by atoms with E-state index in [2.05, 4.69) is 0 Å². The van der Waals surface area contributed by atoms with E-state index in [9.17, 15) is 14.4 Å². The molecule has 6 rings (SSSR count). The average Bonchev–Trinajstić information content (AvgIpc) is 3.53. The third kappa shape index (κ3) is 5.05. The number of rotatable bonds is 8. The van der Waals surface area contributed by atoms with Gasteiger partial charge in [0, 0.05) is 0 Å². The van der Waals surface area contributed by atoms with Crippen LogP contribution in [-0.2, 0) is 14.4 Å². The summed E-state index contributed by atoms with van der Waals surface area (Å²) in [5, 5.41) is 1.63. The molecular formula is C33H28N2O6. The summed E-state index contributed by atoms with van der Waals surface area (Å²) in [5.74, 6) is -0.968. The number of anilines is 2.